The van der Waals surface area contributed by atoms with Gasteiger partial charge in [0.1, 0.15) is 5.75 Å². The summed E-state index contributed by atoms with van der Waals surface area (Å²) >= 11 is 0. The molecule has 0 saturated heterocycles. The quantitative estimate of drug-likeness (QED) is 0.236. The number of carbonyl (C=O) groups is 2. The van der Waals surface area contributed by atoms with Crippen LogP contribution in [0, 0.1) is 0 Å². The first-order valence-corrected chi connectivity index (χ1v) is 13.3. The standard InChI is InChI=1S/C33H33NO6/c1-6-17-39-24-11-8-10-23(19-24)34-28(20-13-15-22(16-14-20)33(2,3)4)27(30(36)32(34)37)29(35)26-18-21-9-7-12-25(38-5)31(21)40-26/h7-16,18-19,28,36H,6,17H2,1-5H3. The van der Waals surface area contributed by atoms with E-state index in [1.165, 1.54) is 12.0 Å². The number of aliphatic hydroxyl groups is 1. The molecular formula is C33H33NO6. The SMILES string of the molecule is CCCOc1cccc(N2C(=O)C(O)=C(C(=O)c3cc4cccc(OC)c4o3)C2c2ccc(C(C)(C)C)cc2)c1. The first-order chi connectivity index (χ1) is 19.1. The van der Waals surface area contributed by atoms with Gasteiger partial charge in [0.2, 0.25) is 5.78 Å². The van der Waals surface area contributed by atoms with Gasteiger partial charge in [-0.1, -0.05) is 70.2 Å². The number of ketones is 1. The number of rotatable bonds is 8. The summed E-state index contributed by atoms with van der Waals surface area (Å²) in [5, 5.41) is 11.9. The summed E-state index contributed by atoms with van der Waals surface area (Å²) < 4.78 is 17.1. The Balaban J connectivity index is 1.63. The third-order valence-electron chi connectivity index (χ3n) is 7.07. The second kappa shape index (κ2) is 10.6. The van der Waals surface area contributed by atoms with Gasteiger partial charge in [-0.3, -0.25) is 14.5 Å². The van der Waals surface area contributed by atoms with Crippen molar-refractivity contribution in [1.82, 2.24) is 0 Å². The van der Waals surface area contributed by atoms with E-state index in [1.54, 1.807) is 36.4 Å². The van der Waals surface area contributed by atoms with Gasteiger partial charge in [-0.15, -0.1) is 0 Å². The molecule has 1 atom stereocenters. The highest BCUT2D eigenvalue weighted by Crippen LogP contribution is 2.43. The number of furan rings is 1. The zero-order chi connectivity index (χ0) is 28.6. The number of amides is 1. The fourth-order valence-electron chi connectivity index (χ4n) is 4.97. The van der Waals surface area contributed by atoms with Crippen molar-refractivity contribution in [2.24, 2.45) is 0 Å². The summed E-state index contributed by atoms with van der Waals surface area (Å²) in [6.07, 6.45) is 0.832. The van der Waals surface area contributed by atoms with Crippen LogP contribution in [0.1, 0.15) is 61.8 Å². The number of anilines is 1. The summed E-state index contributed by atoms with van der Waals surface area (Å²) in [5.41, 5.74) is 2.57. The van der Waals surface area contributed by atoms with Gasteiger partial charge in [0.15, 0.2) is 22.9 Å². The number of fused-ring (bicyclic) bond motifs is 1. The first kappa shape index (κ1) is 27.1. The minimum absolute atomic E-state index is 0.00652. The summed E-state index contributed by atoms with van der Waals surface area (Å²) in [6.45, 7) is 8.89. The topological polar surface area (TPSA) is 89.2 Å². The van der Waals surface area contributed by atoms with E-state index in [0.717, 1.165) is 12.0 Å². The van der Waals surface area contributed by atoms with Gasteiger partial charge in [0, 0.05) is 17.1 Å². The molecule has 7 nitrogen and oxygen atoms in total. The number of hydrogen-bond donors (Lipinski definition) is 1. The normalized spacial score (nSPS) is 15.7. The molecule has 0 radical (unpaired) electrons. The van der Waals surface area contributed by atoms with Gasteiger partial charge in [-0.2, -0.15) is 0 Å². The second-order valence-corrected chi connectivity index (χ2v) is 10.9. The van der Waals surface area contributed by atoms with Crippen LogP contribution in [0.15, 0.2) is 88.5 Å². The maximum Gasteiger partial charge on any atom is 0.294 e. The van der Waals surface area contributed by atoms with Crippen molar-refractivity contribution < 1.29 is 28.6 Å². The van der Waals surface area contributed by atoms with Crippen molar-refractivity contribution in [3.8, 4) is 11.5 Å². The van der Waals surface area contributed by atoms with Crippen LogP contribution in [0.3, 0.4) is 0 Å². The summed E-state index contributed by atoms with van der Waals surface area (Å²) in [7, 11) is 1.52. The number of methoxy groups -OCH3 is 1. The molecule has 3 aromatic carbocycles. The largest absolute Gasteiger partial charge is 0.503 e. The zero-order valence-electron chi connectivity index (χ0n) is 23.4. The number of nitrogens with zero attached hydrogens (tertiary/aromatic N) is 1. The number of ether oxygens (including phenoxy) is 2. The number of carbonyl (C=O) groups excluding carboxylic acids is 2. The van der Waals surface area contributed by atoms with E-state index < -0.39 is 23.5 Å². The van der Waals surface area contributed by atoms with E-state index in [-0.39, 0.29) is 16.7 Å². The van der Waals surface area contributed by atoms with Gasteiger partial charge in [0.25, 0.3) is 5.91 Å². The Labute approximate surface area is 233 Å². The molecule has 0 aliphatic carbocycles. The zero-order valence-corrected chi connectivity index (χ0v) is 23.4. The summed E-state index contributed by atoms with van der Waals surface area (Å²) in [4.78, 5) is 29.1. The Morgan fingerprint density at radius 3 is 2.42 bits per heavy atom. The average molecular weight is 540 g/mol. The van der Waals surface area contributed by atoms with Crippen LogP contribution in [0.4, 0.5) is 5.69 Å². The Kier molecular flexibility index (Phi) is 7.15. The van der Waals surface area contributed by atoms with Crippen molar-refractivity contribution in [1.29, 1.82) is 0 Å². The van der Waals surface area contributed by atoms with E-state index in [4.69, 9.17) is 13.9 Å². The molecule has 1 amide bonds. The highest BCUT2D eigenvalue weighted by atomic mass is 16.5. The number of aliphatic hydroxyl groups excluding tert-OH is 1. The smallest absolute Gasteiger partial charge is 0.294 e. The molecule has 0 fully saturated rings. The lowest BCUT2D eigenvalue weighted by atomic mass is 9.85. The summed E-state index contributed by atoms with van der Waals surface area (Å²) in [6, 6.07) is 21.0. The lowest BCUT2D eigenvalue weighted by Gasteiger charge is -2.28. The van der Waals surface area contributed by atoms with Gasteiger partial charge in [-0.25, -0.2) is 0 Å². The minimum atomic E-state index is -0.884. The molecule has 5 rings (SSSR count). The Hall–Kier alpha value is -4.52. The monoisotopic (exact) mass is 539 g/mol. The van der Waals surface area contributed by atoms with E-state index in [1.807, 2.05) is 43.3 Å². The third kappa shape index (κ3) is 4.83. The fraction of sp³-hybridized carbons (Fsp3) is 0.273. The first-order valence-electron chi connectivity index (χ1n) is 13.3. The van der Waals surface area contributed by atoms with Crippen LogP contribution >= 0.6 is 0 Å². The van der Waals surface area contributed by atoms with Crippen molar-refractivity contribution in [3.63, 3.8) is 0 Å². The predicted octanol–water partition coefficient (Wildman–Crippen LogP) is 7.31. The van der Waals surface area contributed by atoms with Crippen molar-refractivity contribution in [3.05, 3.63) is 101 Å². The van der Waals surface area contributed by atoms with Gasteiger partial charge in [0.05, 0.1) is 25.3 Å². The Morgan fingerprint density at radius 1 is 1.02 bits per heavy atom. The van der Waals surface area contributed by atoms with Crippen molar-refractivity contribution in [2.45, 2.75) is 45.6 Å². The molecule has 1 unspecified atom stereocenters. The maximum atomic E-state index is 14.0. The van der Waals surface area contributed by atoms with E-state index in [0.29, 0.717) is 40.3 Å². The molecule has 7 heteroatoms. The van der Waals surface area contributed by atoms with Crippen molar-refractivity contribution in [2.75, 3.05) is 18.6 Å². The molecule has 0 saturated carbocycles. The average Bonchev–Trinajstić information content (AvgIpc) is 3.50. The fourth-order valence-corrected chi connectivity index (χ4v) is 4.97. The van der Waals surface area contributed by atoms with E-state index in [9.17, 15) is 14.7 Å². The molecule has 1 aromatic heterocycles. The number of hydrogen-bond acceptors (Lipinski definition) is 6. The van der Waals surface area contributed by atoms with Crippen molar-refractivity contribution >= 4 is 28.3 Å². The third-order valence-corrected chi connectivity index (χ3v) is 7.07. The lowest BCUT2D eigenvalue weighted by molar-refractivity contribution is -0.117. The van der Waals surface area contributed by atoms with Crippen LogP contribution in [0.25, 0.3) is 11.0 Å². The molecule has 1 aliphatic rings. The lowest BCUT2D eigenvalue weighted by Crippen LogP contribution is -2.31. The molecule has 206 valence electrons. The van der Waals surface area contributed by atoms with Crippen LogP contribution in [-0.4, -0.2) is 30.5 Å². The Morgan fingerprint density at radius 2 is 1.75 bits per heavy atom. The van der Waals surface area contributed by atoms with Crippen LogP contribution in [0.5, 0.6) is 11.5 Å². The maximum absolute atomic E-state index is 14.0. The van der Waals surface area contributed by atoms with Gasteiger partial charge in [-0.05, 0) is 47.2 Å². The van der Waals surface area contributed by atoms with Crippen LogP contribution < -0.4 is 14.4 Å². The Bertz CT molecular complexity index is 1610. The highest BCUT2D eigenvalue weighted by molar-refractivity contribution is 6.20. The molecule has 4 aromatic rings. The predicted molar refractivity (Wildman–Crippen MR) is 154 cm³/mol. The minimum Gasteiger partial charge on any atom is -0.503 e. The molecular weight excluding hydrogens is 506 g/mol. The molecule has 0 bridgehead atoms. The highest BCUT2D eigenvalue weighted by Gasteiger charge is 2.45. The van der Waals surface area contributed by atoms with E-state index >= 15 is 0 Å². The van der Waals surface area contributed by atoms with Crippen LogP contribution in [0.2, 0.25) is 0 Å². The second-order valence-electron chi connectivity index (χ2n) is 10.9. The molecule has 1 aliphatic heterocycles. The van der Waals surface area contributed by atoms with Crippen LogP contribution in [-0.2, 0) is 10.2 Å². The van der Waals surface area contributed by atoms with Gasteiger partial charge >= 0.3 is 0 Å². The number of Topliss-reactive ketones (excluding diaryl/α,β-unsaturated/α-hetero) is 1. The van der Waals surface area contributed by atoms with E-state index in [2.05, 4.69) is 20.8 Å². The molecule has 2 heterocycles. The summed E-state index contributed by atoms with van der Waals surface area (Å²) in [5.74, 6) is -0.770. The molecule has 40 heavy (non-hydrogen) atoms. The molecule has 1 N–H and O–H groups in total. The number of benzene rings is 3. The van der Waals surface area contributed by atoms with Gasteiger partial charge < -0.3 is 19.0 Å². The number of para-hydroxylation sites is 1. The molecule has 0 spiro atoms.